The summed E-state index contributed by atoms with van der Waals surface area (Å²) in [6.45, 7) is 1.74. The van der Waals surface area contributed by atoms with Gasteiger partial charge in [0.05, 0.1) is 10.6 Å². The van der Waals surface area contributed by atoms with Gasteiger partial charge < -0.3 is 10.2 Å². The van der Waals surface area contributed by atoms with Crippen molar-refractivity contribution in [2.24, 2.45) is 0 Å². The third-order valence-electron chi connectivity index (χ3n) is 6.61. The van der Waals surface area contributed by atoms with E-state index in [-0.39, 0.29) is 23.8 Å². The zero-order valence-electron chi connectivity index (χ0n) is 23.0. The second-order valence-corrected chi connectivity index (χ2v) is 12.8. The van der Waals surface area contributed by atoms with Crippen molar-refractivity contribution in [1.82, 2.24) is 10.2 Å². The first-order chi connectivity index (χ1) is 20.2. The van der Waals surface area contributed by atoms with Gasteiger partial charge in [0.25, 0.3) is 10.0 Å². The van der Waals surface area contributed by atoms with E-state index in [4.69, 9.17) is 11.6 Å². The van der Waals surface area contributed by atoms with E-state index in [2.05, 4.69) is 21.2 Å². The van der Waals surface area contributed by atoms with Crippen LogP contribution in [0.4, 0.5) is 5.69 Å². The van der Waals surface area contributed by atoms with Crippen molar-refractivity contribution in [3.63, 3.8) is 0 Å². The molecule has 0 radical (unpaired) electrons. The summed E-state index contributed by atoms with van der Waals surface area (Å²) in [5, 5.41) is 3.39. The number of rotatable bonds is 12. The van der Waals surface area contributed by atoms with Crippen LogP contribution in [0, 0.1) is 0 Å². The normalized spacial score (nSPS) is 11.9. The molecule has 0 saturated heterocycles. The molecule has 10 heteroatoms. The Balaban J connectivity index is 1.78. The maximum atomic E-state index is 14.3. The molecular weight excluding hydrogens is 638 g/mol. The number of hydrogen-bond donors (Lipinski definition) is 1. The molecule has 1 unspecified atom stereocenters. The molecule has 4 aromatic rings. The van der Waals surface area contributed by atoms with Gasteiger partial charge in [-0.1, -0.05) is 88.2 Å². The summed E-state index contributed by atoms with van der Waals surface area (Å²) in [7, 11) is -4.14. The third-order valence-corrected chi connectivity index (χ3v) is 9.18. The van der Waals surface area contributed by atoms with Crippen molar-refractivity contribution in [2.75, 3.05) is 17.4 Å². The van der Waals surface area contributed by atoms with E-state index >= 15 is 0 Å². The molecule has 42 heavy (non-hydrogen) atoms. The molecule has 0 spiro atoms. The number of anilines is 1. The van der Waals surface area contributed by atoms with Gasteiger partial charge in [-0.2, -0.15) is 0 Å². The molecule has 2 amide bonds. The molecule has 0 heterocycles. The van der Waals surface area contributed by atoms with Crippen LogP contribution in [-0.2, 0) is 32.6 Å². The van der Waals surface area contributed by atoms with E-state index in [0.29, 0.717) is 17.3 Å². The molecule has 7 nitrogen and oxygen atoms in total. The second kappa shape index (κ2) is 14.5. The van der Waals surface area contributed by atoms with E-state index < -0.39 is 28.5 Å². The van der Waals surface area contributed by atoms with Crippen LogP contribution < -0.4 is 9.62 Å². The molecule has 0 aliphatic rings. The second-order valence-electron chi connectivity index (χ2n) is 9.55. The standard InChI is InChI=1S/C32H31BrClN3O4S/c1-2-35-32(39)30(21-24-9-5-3-6-10-24)36(22-25-13-17-27(34)18-14-25)31(38)23-37(28-19-15-26(33)16-20-28)42(40,41)29-11-7-4-8-12-29/h3-20,30H,2,21-23H2,1H3,(H,35,39). The number of carbonyl (C=O) groups excluding carboxylic acids is 2. The number of hydrogen-bond acceptors (Lipinski definition) is 4. The Bertz CT molecular complexity index is 1590. The Morgan fingerprint density at radius 2 is 1.43 bits per heavy atom. The van der Waals surface area contributed by atoms with E-state index in [9.17, 15) is 18.0 Å². The van der Waals surface area contributed by atoms with Crippen LogP contribution in [0.2, 0.25) is 5.02 Å². The van der Waals surface area contributed by atoms with Gasteiger partial charge >= 0.3 is 0 Å². The van der Waals surface area contributed by atoms with Gasteiger partial charge in [-0.3, -0.25) is 13.9 Å². The molecule has 1 N–H and O–H groups in total. The number of sulfonamides is 1. The topological polar surface area (TPSA) is 86.8 Å². The minimum Gasteiger partial charge on any atom is -0.355 e. The fourth-order valence-corrected chi connectivity index (χ4v) is 6.31. The first-order valence-corrected chi connectivity index (χ1v) is 16.0. The summed E-state index contributed by atoms with van der Waals surface area (Å²) in [4.78, 5) is 29.3. The Morgan fingerprint density at radius 3 is 2.02 bits per heavy atom. The maximum absolute atomic E-state index is 14.3. The smallest absolute Gasteiger partial charge is 0.264 e. The molecule has 4 rings (SSSR count). The Hall–Kier alpha value is -3.66. The molecule has 0 aromatic heterocycles. The van der Waals surface area contributed by atoms with Crippen LogP contribution in [0.1, 0.15) is 18.1 Å². The highest BCUT2D eigenvalue weighted by Crippen LogP contribution is 2.26. The number of benzene rings is 4. The van der Waals surface area contributed by atoms with Gasteiger partial charge in [0.15, 0.2) is 0 Å². The van der Waals surface area contributed by atoms with Crippen molar-refractivity contribution < 1.29 is 18.0 Å². The summed E-state index contributed by atoms with van der Waals surface area (Å²) in [6.07, 6.45) is 0.246. The molecule has 0 aliphatic carbocycles. The average molecular weight is 669 g/mol. The zero-order chi connectivity index (χ0) is 30.1. The lowest BCUT2D eigenvalue weighted by Crippen LogP contribution is -2.53. The summed E-state index contributed by atoms with van der Waals surface area (Å²) in [5.41, 5.74) is 1.93. The van der Waals surface area contributed by atoms with Gasteiger partial charge in [0.2, 0.25) is 11.8 Å². The highest BCUT2D eigenvalue weighted by atomic mass is 79.9. The van der Waals surface area contributed by atoms with Crippen LogP contribution in [-0.4, -0.2) is 44.3 Å². The first-order valence-electron chi connectivity index (χ1n) is 13.4. The molecular formula is C32H31BrClN3O4S. The highest BCUT2D eigenvalue weighted by Gasteiger charge is 2.34. The van der Waals surface area contributed by atoms with Gasteiger partial charge in [-0.05, 0) is 66.6 Å². The predicted molar refractivity (Wildman–Crippen MR) is 170 cm³/mol. The van der Waals surface area contributed by atoms with Gasteiger partial charge in [-0.25, -0.2) is 8.42 Å². The lowest BCUT2D eigenvalue weighted by Gasteiger charge is -2.33. The van der Waals surface area contributed by atoms with Gasteiger partial charge in [0.1, 0.15) is 12.6 Å². The average Bonchev–Trinajstić information content (AvgIpc) is 3.00. The SMILES string of the molecule is CCNC(=O)C(Cc1ccccc1)N(Cc1ccc(Cl)cc1)C(=O)CN(c1ccc(Br)cc1)S(=O)(=O)c1ccccc1. The molecule has 0 aliphatic heterocycles. The number of amides is 2. The van der Waals surface area contributed by atoms with Gasteiger partial charge in [0, 0.05) is 29.0 Å². The fourth-order valence-electron chi connectivity index (χ4n) is 4.49. The van der Waals surface area contributed by atoms with Crippen molar-refractivity contribution in [2.45, 2.75) is 30.8 Å². The highest BCUT2D eigenvalue weighted by molar-refractivity contribution is 9.10. The van der Waals surface area contributed by atoms with E-state index in [1.165, 1.54) is 17.0 Å². The van der Waals surface area contributed by atoms with E-state index in [0.717, 1.165) is 19.9 Å². The third kappa shape index (κ3) is 8.00. The summed E-state index contributed by atoms with van der Waals surface area (Å²) in [5.74, 6) is -0.857. The predicted octanol–water partition coefficient (Wildman–Crippen LogP) is 6.07. The lowest BCUT2D eigenvalue weighted by atomic mass is 10.0. The number of carbonyl (C=O) groups is 2. The largest absolute Gasteiger partial charge is 0.355 e. The first kappa shape index (κ1) is 31.3. The molecule has 1 atom stereocenters. The van der Waals surface area contributed by atoms with Crippen LogP contribution in [0.5, 0.6) is 0 Å². The number of likely N-dealkylation sites (N-methyl/N-ethyl adjacent to an activating group) is 1. The van der Waals surface area contributed by atoms with E-state index in [1.807, 2.05) is 37.3 Å². The van der Waals surface area contributed by atoms with Crippen LogP contribution in [0.25, 0.3) is 0 Å². The molecule has 4 aromatic carbocycles. The van der Waals surface area contributed by atoms with Crippen molar-refractivity contribution in [3.05, 3.63) is 130 Å². The van der Waals surface area contributed by atoms with Crippen molar-refractivity contribution in [3.8, 4) is 0 Å². The molecule has 0 saturated carbocycles. The monoisotopic (exact) mass is 667 g/mol. The van der Waals surface area contributed by atoms with Crippen molar-refractivity contribution >= 4 is 55.1 Å². The maximum Gasteiger partial charge on any atom is 0.264 e. The summed E-state index contributed by atoms with van der Waals surface area (Å²) < 4.78 is 29.7. The summed E-state index contributed by atoms with van der Waals surface area (Å²) in [6, 6.07) is 30.2. The Kier molecular flexibility index (Phi) is 10.8. The minimum atomic E-state index is -4.14. The molecule has 0 fully saturated rings. The van der Waals surface area contributed by atoms with Crippen LogP contribution >= 0.6 is 27.5 Å². The number of halogens is 2. The van der Waals surface area contributed by atoms with Crippen LogP contribution in [0.3, 0.4) is 0 Å². The lowest BCUT2D eigenvalue weighted by molar-refractivity contribution is -0.140. The quantitative estimate of drug-likeness (QED) is 0.199. The van der Waals surface area contributed by atoms with Crippen LogP contribution in [0.15, 0.2) is 119 Å². The minimum absolute atomic E-state index is 0.0505. The fraction of sp³-hybridized carbons (Fsp3) is 0.188. The Labute approximate surface area is 260 Å². The Morgan fingerprint density at radius 1 is 0.833 bits per heavy atom. The zero-order valence-corrected chi connectivity index (χ0v) is 26.1. The van der Waals surface area contributed by atoms with Gasteiger partial charge in [-0.15, -0.1) is 0 Å². The van der Waals surface area contributed by atoms with Crippen molar-refractivity contribution in [1.29, 1.82) is 0 Å². The number of nitrogens with zero attached hydrogens (tertiary/aromatic N) is 2. The van der Waals surface area contributed by atoms with E-state index in [1.54, 1.807) is 66.7 Å². The molecule has 0 bridgehead atoms. The number of nitrogens with one attached hydrogen (secondary N) is 1. The summed E-state index contributed by atoms with van der Waals surface area (Å²) >= 11 is 9.50. The molecule has 218 valence electrons.